The number of anilines is 1. The highest BCUT2D eigenvalue weighted by Gasteiger charge is 2.11. The fourth-order valence-corrected chi connectivity index (χ4v) is 1.35. The molecule has 2 rings (SSSR count). The van der Waals surface area contributed by atoms with E-state index >= 15 is 0 Å². The summed E-state index contributed by atoms with van der Waals surface area (Å²) in [7, 11) is 0. The number of nitrogens with zero attached hydrogens (tertiary/aromatic N) is 4. The fraction of sp³-hybridized carbons (Fsp3) is 0.182. The van der Waals surface area contributed by atoms with Crippen molar-refractivity contribution in [2.24, 2.45) is 0 Å². The molecule has 0 bridgehead atoms. The molecular formula is C11H11N5O. The van der Waals surface area contributed by atoms with Crippen LogP contribution < -0.4 is 5.32 Å². The molecule has 0 aliphatic rings. The van der Waals surface area contributed by atoms with Crippen LogP contribution in [0.2, 0.25) is 0 Å². The summed E-state index contributed by atoms with van der Waals surface area (Å²) in [4.78, 5) is 27.8. The number of nitrogens with one attached hydrogen (secondary N) is 1. The number of hydrogen-bond acceptors (Lipinski definition) is 5. The number of aryl methyl sites for hydroxylation is 2. The SMILES string of the molecule is Cc1ncc(C(=O)Nc2cnccn2)c(C)n1. The van der Waals surface area contributed by atoms with Gasteiger partial charge in [-0.05, 0) is 13.8 Å². The summed E-state index contributed by atoms with van der Waals surface area (Å²) in [6, 6.07) is 0. The summed E-state index contributed by atoms with van der Waals surface area (Å²) in [5, 5.41) is 2.63. The zero-order chi connectivity index (χ0) is 12.3. The second-order valence-electron chi connectivity index (χ2n) is 3.46. The normalized spacial score (nSPS) is 10.0. The molecule has 0 spiro atoms. The van der Waals surface area contributed by atoms with Crippen LogP contribution in [-0.4, -0.2) is 25.8 Å². The Morgan fingerprint density at radius 3 is 2.65 bits per heavy atom. The summed E-state index contributed by atoms with van der Waals surface area (Å²) >= 11 is 0. The zero-order valence-electron chi connectivity index (χ0n) is 9.51. The van der Waals surface area contributed by atoms with Crippen LogP contribution in [0.15, 0.2) is 24.8 Å². The molecular weight excluding hydrogens is 218 g/mol. The maximum absolute atomic E-state index is 11.9. The Morgan fingerprint density at radius 1 is 1.18 bits per heavy atom. The van der Waals surface area contributed by atoms with E-state index in [9.17, 15) is 4.79 Å². The monoisotopic (exact) mass is 229 g/mol. The Kier molecular flexibility index (Phi) is 3.04. The molecule has 0 radical (unpaired) electrons. The molecule has 0 aliphatic carbocycles. The van der Waals surface area contributed by atoms with Gasteiger partial charge in [0.1, 0.15) is 5.82 Å². The van der Waals surface area contributed by atoms with E-state index in [2.05, 4.69) is 25.3 Å². The van der Waals surface area contributed by atoms with E-state index in [4.69, 9.17) is 0 Å². The molecule has 0 unspecified atom stereocenters. The summed E-state index contributed by atoms with van der Waals surface area (Å²) < 4.78 is 0. The average molecular weight is 229 g/mol. The van der Waals surface area contributed by atoms with Crippen LogP contribution in [0.25, 0.3) is 0 Å². The van der Waals surface area contributed by atoms with Crippen molar-refractivity contribution in [1.29, 1.82) is 0 Å². The molecule has 2 aromatic rings. The van der Waals surface area contributed by atoms with Crippen LogP contribution in [0.1, 0.15) is 21.9 Å². The maximum Gasteiger partial charge on any atom is 0.260 e. The number of carbonyl (C=O) groups is 1. The Balaban J connectivity index is 2.21. The van der Waals surface area contributed by atoms with Gasteiger partial charge in [0, 0.05) is 18.6 Å². The molecule has 6 nitrogen and oxygen atoms in total. The number of carbonyl (C=O) groups excluding carboxylic acids is 1. The molecule has 2 heterocycles. The van der Waals surface area contributed by atoms with Gasteiger partial charge in [0.05, 0.1) is 17.5 Å². The summed E-state index contributed by atoms with van der Waals surface area (Å²) in [6.45, 7) is 3.54. The Hall–Kier alpha value is -2.37. The standard InChI is InChI=1S/C11H11N5O/c1-7-9(5-14-8(2)15-7)11(17)16-10-6-12-3-4-13-10/h3-6H,1-2H3,(H,13,16,17). The Labute approximate surface area is 98.2 Å². The van der Waals surface area contributed by atoms with E-state index in [1.807, 2.05) is 0 Å². The molecule has 6 heteroatoms. The van der Waals surface area contributed by atoms with E-state index in [0.29, 0.717) is 22.9 Å². The fourth-order valence-electron chi connectivity index (χ4n) is 1.35. The third-order valence-corrected chi connectivity index (χ3v) is 2.15. The van der Waals surface area contributed by atoms with E-state index in [1.165, 1.54) is 24.8 Å². The topological polar surface area (TPSA) is 80.7 Å². The number of rotatable bonds is 2. The third-order valence-electron chi connectivity index (χ3n) is 2.15. The smallest absolute Gasteiger partial charge is 0.260 e. The van der Waals surface area contributed by atoms with Crippen molar-refractivity contribution in [2.45, 2.75) is 13.8 Å². The molecule has 1 amide bonds. The molecule has 1 N–H and O–H groups in total. The lowest BCUT2D eigenvalue weighted by Gasteiger charge is -2.05. The highest BCUT2D eigenvalue weighted by atomic mass is 16.1. The minimum absolute atomic E-state index is 0.289. The van der Waals surface area contributed by atoms with Crippen molar-refractivity contribution in [1.82, 2.24) is 19.9 Å². The number of hydrogen-bond donors (Lipinski definition) is 1. The molecule has 17 heavy (non-hydrogen) atoms. The first-order valence-electron chi connectivity index (χ1n) is 5.04. The van der Waals surface area contributed by atoms with Gasteiger partial charge in [-0.1, -0.05) is 0 Å². The van der Waals surface area contributed by atoms with Gasteiger partial charge in [0.2, 0.25) is 0 Å². The predicted molar refractivity (Wildman–Crippen MR) is 61.5 cm³/mol. The van der Waals surface area contributed by atoms with Gasteiger partial charge in [-0.2, -0.15) is 0 Å². The summed E-state index contributed by atoms with van der Waals surface area (Å²) in [6.07, 6.45) is 6.02. The van der Waals surface area contributed by atoms with Crippen molar-refractivity contribution in [3.05, 3.63) is 41.9 Å². The minimum Gasteiger partial charge on any atom is -0.305 e. The molecule has 0 aromatic carbocycles. The van der Waals surface area contributed by atoms with Crippen LogP contribution in [-0.2, 0) is 0 Å². The number of amides is 1. The molecule has 0 aliphatic heterocycles. The van der Waals surface area contributed by atoms with E-state index in [0.717, 1.165) is 0 Å². The van der Waals surface area contributed by atoms with Gasteiger partial charge in [-0.15, -0.1) is 0 Å². The second kappa shape index (κ2) is 4.65. The highest BCUT2D eigenvalue weighted by molar-refractivity contribution is 6.04. The van der Waals surface area contributed by atoms with Crippen LogP contribution in [0, 0.1) is 13.8 Å². The van der Waals surface area contributed by atoms with Gasteiger partial charge >= 0.3 is 0 Å². The lowest BCUT2D eigenvalue weighted by Crippen LogP contribution is -2.15. The van der Waals surface area contributed by atoms with Gasteiger partial charge in [0.25, 0.3) is 5.91 Å². The van der Waals surface area contributed by atoms with Crippen LogP contribution in [0.4, 0.5) is 5.82 Å². The zero-order valence-corrected chi connectivity index (χ0v) is 9.51. The van der Waals surface area contributed by atoms with Gasteiger partial charge in [0.15, 0.2) is 5.82 Å². The molecule has 0 saturated carbocycles. The first-order chi connectivity index (χ1) is 8.16. The molecule has 0 atom stereocenters. The Morgan fingerprint density at radius 2 is 2.00 bits per heavy atom. The van der Waals surface area contributed by atoms with Crippen molar-refractivity contribution >= 4 is 11.7 Å². The second-order valence-corrected chi connectivity index (χ2v) is 3.46. The Bertz CT molecular complexity index is 541. The van der Waals surface area contributed by atoms with Crippen LogP contribution in [0.3, 0.4) is 0 Å². The van der Waals surface area contributed by atoms with Gasteiger partial charge < -0.3 is 5.32 Å². The van der Waals surface area contributed by atoms with Crippen LogP contribution >= 0.6 is 0 Å². The van der Waals surface area contributed by atoms with Crippen LogP contribution in [0.5, 0.6) is 0 Å². The van der Waals surface area contributed by atoms with Gasteiger partial charge in [-0.3, -0.25) is 9.78 Å². The lowest BCUT2D eigenvalue weighted by molar-refractivity contribution is 0.102. The van der Waals surface area contributed by atoms with Gasteiger partial charge in [-0.25, -0.2) is 15.0 Å². The van der Waals surface area contributed by atoms with Crippen molar-refractivity contribution < 1.29 is 4.79 Å². The van der Waals surface area contributed by atoms with Crippen molar-refractivity contribution in [3.8, 4) is 0 Å². The third kappa shape index (κ3) is 2.60. The quantitative estimate of drug-likeness (QED) is 0.835. The summed E-state index contributed by atoms with van der Waals surface area (Å²) in [5.74, 6) is 0.749. The average Bonchev–Trinajstić information content (AvgIpc) is 2.30. The molecule has 0 fully saturated rings. The minimum atomic E-state index is -0.289. The number of aromatic nitrogens is 4. The lowest BCUT2D eigenvalue weighted by atomic mass is 10.2. The predicted octanol–water partition coefficient (Wildman–Crippen LogP) is 1.14. The van der Waals surface area contributed by atoms with E-state index in [1.54, 1.807) is 13.8 Å². The highest BCUT2D eigenvalue weighted by Crippen LogP contribution is 2.07. The largest absolute Gasteiger partial charge is 0.305 e. The first-order valence-corrected chi connectivity index (χ1v) is 5.04. The molecule has 0 saturated heterocycles. The van der Waals surface area contributed by atoms with Crippen molar-refractivity contribution in [3.63, 3.8) is 0 Å². The maximum atomic E-state index is 11.9. The van der Waals surface area contributed by atoms with Crippen molar-refractivity contribution in [2.75, 3.05) is 5.32 Å². The summed E-state index contributed by atoms with van der Waals surface area (Å²) in [5.41, 5.74) is 1.07. The molecule has 2 aromatic heterocycles. The van der Waals surface area contributed by atoms with E-state index < -0.39 is 0 Å². The van der Waals surface area contributed by atoms with E-state index in [-0.39, 0.29) is 5.91 Å². The molecule has 86 valence electrons. The first kappa shape index (κ1) is 11.1.